The quantitative estimate of drug-likeness (QED) is 0.181. The molecule has 192 valence electrons. The zero-order valence-corrected chi connectivity index (χ0v) is 21.3. The molecule has 0 saturated carbocycles. The molecule has 0 aliphatic heterocycles. The van der Waals surface area contributed by atoms with Crippen LogP contribution < -0.4 is 10.6 Å². The lowest BCUT2D eigenvalue weighted by Crippen LogP contribution is -2.19. The summed E-state index contributed by atoms with van der Waals surface area (Å²) in [5.41, 5.74) is 2.99. The number of rotatable bonds is 11. The molecule has 0 aromatic heterocycles. The van der Waals surface area contributed by atoms with E-state index in [0.717, 1.165) is 5.57 Å². The number of benzene rings is 2. The number of aromatic hydroxyl groups is 1. The first kappa shape index (κ1) is 29.8. The molecule has 1 amide bonds. The molecule has 5 nitrogen and oxygen atoms in total. The highest BCUT2D eigenvalue weighted by atomic mass is 19.3. The molecule has 0 fully saturated rings. The lowest BCUT2D eigenvalue weighted by atomic mass is 9.99. The van der Waals surface area contributed by atoms with Crippen LogP contribution in [-0.4, -0.2) is 37.6 Å². The number of carbonyl (C=O) groups excluding carboxylic acids is 1. The second-order valence-electron chi connectivity index (χ2n) is 7.92. The molecule has 7 heteroatoms. The number of anilines is 1. The lowest BCUT2D eigenvalue weighted by molar-refractivity contribution is -0.126. The smallest absolute Gasteiger partial charge is 0.315 e. The zero-order valence-electron chi connectivity index (χ0n) is 21.3. The van der Waals surface area contributed by atoms with E-state index in [0.29, 0.717) is 22.4 Å². The van der Waals surface area contributed by atoms with Crippen molar-refractivity contribution in [2.24, 2.45) is 0 Å². The summed E-state index contributed by atoms with van der Waals surface area (Å²) in [6, 6.07) is 11.5. The van der Waals surface area contributed by atoms with E-state index in [1.54, 1.807) is 30.3 Å². The molecule has 0 radical (unpaired) electrons. The molecule has 0 saturated heterocycles. The van der Waals surface area contributed by atoms with Gasteiger partial charge in [0, 0.05) is 11.3 Å². The normalized spacial score (nSPS) is 11.7. The Morgan fingerprint density at radius 3 is 2.31 bits per heavy atom. The van der Waals surface area contributed by atoms with E-state index in [9.17, 15) is 18.7 Å². The van der Waals surface area contributed by atoms with E-state index in [1.165, 1.54) is 51.6 Å². The molecule has 35 heavy (non-hydrogen) atoms. The number of phenolic OH excluding ortho intramolecular Hbond substituents is 1. The molecular weight excluding hydrogens is 450 g/mol. The number of nitrogens with one attached hydrogen (secondary N) is 2. The minimum atomic E-state index is -3.08. The van der Waals surface area contributed by atoms with Gasteiger partial charge in [-0.3, -0.25) is 4.79 Å². The van der Waals surface area contributed by atoms with Gasteiger partial charge in [0.05, 0.1) is 12.7 Å². The highest BCUT2D eigenvalue weighted by molar-refractivity contribution is 5.93. The fourth-order valence-electron chi connectivity index (χ4n) is 3.05. The third kappa shape index (κ3) is 10.3. The second-order valence-corrected chi connectivity index (χ2v) is 7.92. The van der Waals surface area contributed by atoms with Crippen LogP contribution in [0.25, 0.3) is 16.9 Å². The maximum atomic E-state index is 12.3. The number of unbranched alkanes of at least 4 members (excludes halogenated alkanes) is 1. The van der Waals surface area contributed by atoms with Crippen LogP contribution in [-0.2, 0) is 9.53 Å². The number of hydrogen-bond acceptors (Lipinski definition) is 4. The topological polar surface area (TPSA) is 70.6 Å². The Kier molecular flexibility index (Phi) is 14.0. The van der Waals surface area contributed by atoms with Crippen molar-refractivity contribution in [2.75, 3.05) is 25.5 Å². The third-order valence-corrected chi connectivity index (χ3v) is 5.13. The average Bonchev–Trinajstić information content (AvgIpc) is 2.86. The van der Waals surface area contributed by atoms with Gasteiger partial charge in [0.1, 0.15) is 11.5 Å². The number of carbonyl (C=O) groups is 1. The number of amides is 1. The minimum Gasteiger partial charge on any atom is -0.507 e. The summed E-state index contributed by atoms with van der Waals surface area (Å²) in [4.78, 5) is 11.1. The number of para-hydroxylation sites is 1. The minimum absolute atomic E-state index is 0.0406. The van der Waals surface area contributed by atoms with Crippen LogP contribution in [0.1, 0.15) is 52.5 Å². The van der Waals surface area contributed by atoms with E-state index in [1.807, 2.05) is 26.0 Å². The number of hydrogen-bond donors (Lipinski definition) is 3. The van der Waals surface area contributed by atoms with Gasteiger partial charge in [0.2, 0.25) is 0 Å². The molecule has 0 aliphatic carbocycles. The molecule has 0 spiro atoms. The highest BCUT2D eigenvalue weighted by Crippen LogP contribution is 2.36. The first-order chi connectivity index (χ1) is 16.8. The Balaban J connectivity index is 0.000000658. The largest absolute Gasteiger partial charge is 0.507 e. The molecule has 0 heterocycles. The van der Waals surface area contributed by atoms with Crippen molar-refractivity contribution in [1.82, 2.24) is 5.32 Å². The maximum Gasteiger partial charge on any atom is 0.315 e. The van der Waals surface area contributed by atoms with Crippen LogP contribution in [0.5, 0.6) is 5.75 Å². The van der Waals surface area contributed by atoms with Crippen LogP contribution in [0.2, 0.25) is 0 Å². The van der Waals surface area contributed by atoms with Crippen molar-refractivity contribution in [2.45, 2.75) is 53.4 Å². The van der Waals surface area contributed by atoms with Crippen molar-refractivity contribution >= 4 is 17.4 Å². The first-order valence-electron chi connectivity index (χ1n) is 11.9. The summed E-state index contributed by atoms with van der Waals surface area (Å²) in [7, 11) is 1.53. The van der Waals surface area contributed by atoms with Gasteiger partial charge >= 0.3 is 6.43 Å². The Morgan fingerprint density at radius 1 is 1.09 bits per heavy atom. The Bertz CT molecular complexity index is 965. The first-order valence-corrected chi connectivity index (χ1v) is 11.9. The number of allylic oxidation sites excluding steroid dienone is 3. The number of halogens is 2. The van der Waals surface area contributed by atoms with Gasteiger partial charge in [-0.05, 0) is 69.6 Å². The summed E-state index contributed by atoms with van der Waals surface area (Å²) < 4.78 is 30.0. The average molecular weight is 489 g/mol. The summed E-state index contributed by atoms with van der Waals surface area (Å²) >= 11 is 0. The van der Waals surface area contributed by atoms with Crippen LogP contribution in [0, 0.1) is 0 Å². The van der Waals surface area contributed by atoms with Gasteiger partial charge in [-0.2, -0.15) is 8.78 Å². The fourth-order valence-corrected chi connectivity index (χ4v) is 3.05. The van der Waals surface area contributed by atoms with E-state index >= 15 is 0 Å². The van der Waals surface area contributed by atoms with E-state index in [2.05, 4.69) is 24.5 Å². The highest BCUT2D eigenvalue weighted by Gasteiger charge is 2.16. The van der Waals surface area contributed by atoms with E-state index < -0.39 is 12.3 Å². The van der Waals surface area contributed by atoms with E-state index in [4.69, 9.17) is 4.74 Å². The molecule has 2 aromatic rings. The van der Waals surface area contributed by atoms with Gasteiger partial charge in [-0.15, -0.1) is 0 Å². The molecule has 0 aliphatic rings. The Hall–Kier alpha value is -3.19. The van der Waals surface area contributed by atoms with Gasteiger partial charge in [0.25, 0.3) is 5.91 Å². The molecule has 2 aromatic carbocycles. The molecule has 2 rings (SSSR count). The summed E-state index contributed by atoms with van der Waals surface area (Å²) in [6.07, 6.45) is 4.54. The van der Waals surface area contributed by atoms with Crippen molar-refractivity contribution in [3.05, 3.63) is 65.8 Å². The van der Waals surface area contributed by atoms with Gasteiger partial charge in [-0.25, -0.2) is 0 Å². The second kappa shape index (κ2) is 16.4. The monoisotopic (exact) mass is 488 g/mol. The van der Waals surface area contributed by atoms with E-state index in [-0.39, 0.29) is 11.4 Å². The van der Waals surface area contributed by atoms with Crippen LogP contribution in [0.3, 0.4) is 0 Å². The predicted octanol–water partition coefficient (Wildman–Crippen LogP) is 7.00. The zero-order chi connectivity index (χ0) is 26.2. The maximum absolute atomic E-state index is 12.3. The van der Waals surface area contributed by atoms with Crippen LogP contribution >= 0.6 is 0 Å². The number of methoxy groups -OCH3 is 1. The summed E-state index contributed by atoms with van der Waals surface area (Å²) in [5.74, 6) is -0.800. The van der Waals surface area contributed by atoms with Crippen molar-refractivity contribution < 1.29 is 23.4 Å². The third-order valence-electron chi connectivity index (χ3n) is 5.13. The predicted molar refractivity (Wildman–Crippen MR) is 141 cm³/mol. The standard InChI is InChI=1S/C21H21F2NO3.C7H17N/c1-4-13(2)12-18(27-3)17-7-5-6-16(19(17)25)14-8-10-15(11-9-14)24-21(26)20(22)23;1-3-5-7-8-6-4-2/h4-12,20,25H,1-3H3,(H,24,26);8H,3-7H2,1-2H3/b13-4-,18-12-;. The fraction of sp³-hybridized carbons (Fsp3) is 0.393. The summed E-state index contributed by atoms with van der Waals surface area (Å²) in [5, 5.41) is 16.2. The Morgan fingerprint density at radius 2 is 1.77 bits per heavy atom. The molecule has 0 bridgehead atoms. The summed E-state index contributed by atoms with van der Waals surface area (Å²) in [6.45, 7) is 10.6. The van der Waals surface area contributed by atoms with Crippen molar-refractivity contribution in [3.63, 3.8) is 0 Å². The number of alkyl halides is 2. The lowest BCUT2D eigenvalue weighted by Gasteiger charge is -2.13. The van der Waals surface area contributed by atoms with Crippen LogP contribution in [0.15, 0.2) is 60.2 Å². The Labute approximate surface area is 207 Å². The van der Waals surface area contributed by atoms with Gasteiger partial charge in [0.15, 0.2) is 0 Å². The van der Waals surface area contributed by atoms with Crippen LogP contribution in [0.4, 0.5) is 14.5 Å². The molecule has 0 atom stereocenters. The van der Waals surface area contributed by atoms with Crippen molar-refractivity contribution in [1.29, 1.82) is 0 Å². The number of phenols is 1. The molecule has 0 unspecified atom stereocenters. The van der Waals surface area contributed by atoms with Gasteiger partial charge in [-0.1, -0.05) is 56.2 Å². The van der Waals surface area contributed by atoms with Gasteiger partial charge < -0.3 is 20.5 Å². The molecule has 3 N–H and O–H groups in total. The molecular formula is C28H38F2N2O3. The van der Waals surface area contributed by atoms with Crippen molar-refractivity contribution in [3.8, 4) is 16.9 Å². The SMILES string of the molecule is C/C=C(C)\C=C(/OC)c1cccc(-c2ccc(NC(=O)C(F)F)cc2)c1O.CCCCNCCC. The number of ether oxygens (including phenoxy) is 1.